The average molecular weight is 254 g/mol. The van der Waals surface area contributed by atoms with Crippen LogP contribution in [0.25, 0.3) is 0 Å². The fourth-order valence-electron chi connectivity index (χ4n) is 1.80. The molecule has 1 aromatic rings. The molecular formula is C12H22N4O2. The molecule has 0 aliphatic rings. The highest BCUT2D eigenvalue weighted by molar-refractivity contribution is 5.75. The van der Waals surface area contributed by atoms with E-state index in [1.807, 2.05) is 24.9 Å². The molecule has 0 radical (unpaired) electrons. The summed E-state index contributed by atoms with van der Waals surface area (Å²) in [6.07, 6.45) is 3.64. The van der Waals surface area contributed by atoms with Crippen molar-refractivity contribution < 1.29 is 9.90 Å². The van der Waals surface area contributed by atoms with Crippen LogP contribution in [0.2, 0.25) is 0 Å². The van der Waals surface area contributed by atoms with Gasteiger partial charge in [-0.25, -0.2) is 0 Å². The molecule has 1 amide bonds. The average Bonchev–Trinajstić information content (AvgIpc) is 2.79. The molecular weight excluding hydrogens is 232 g/mol. The number of nitrogens with zero attached hydrogens (tertiary/aromatic N) is 4. The summed E-state index contributed by atoms with van der Waals surface area (Å²) < 4.78 is 1.72. The molecule has 102 valence electrons. The number of aliphatic hydroxyl groups is 1. The maximum atomic E-state index is 11.8. The fourth-order valence-corrected chi connectivity index (χ4v) is 1.80. The van der Waals surface area contributed by atoms with Crippen molar-refractivity contribution in [2.24, 2.45) is 0 Å². The number of hydrogen-bond donors (Lipinski definition) is 1. The van der Waals surface area contributed by atoms with Crippen LogP contribution in [-0.2, 0) is 17.8 Å². The third-order valence-corrected chi connectivity index (χ3v) is 2.85. The number of carbonyl (C=O) groups excluding carboxylic acids is 1. The largest absolute Gasteiger partial charge is 0.396 e. The van der Waals surface area contributed by atoms with Crippen LogP contribution in [0.4, 0.5) is 0 Å². The Kier molecular flexibility index (Phi) is 6.35. The smallest absolute Gasteiger partial charge is 0.222 e. The summed E-state index contributed by atoms with van der Waals surface area (Å²) in [6.45, 7) is 6.27. The van der Waals surface area contributed by atoms with E-state index in [9.17, 15) is 4.79 Å². The van der Waals surface area contributed by atoms with Gasteiger partial charge in [0.2, 0.25) is 5.91 Å². The summed E-state index contributed by atoms with van der Waals surface area (Å²) in [5.74, 6) is 0.190. The normalized spacial score (nSPS) is 10.6. The van der Waals surface area contributed by atoms with Crippen molar-refractivity contribution in [2.45, 2.75) is 39.7 Å². The van der Waals surface area contributed by atoms with Crippen LogP contribution in [0.5, 0.6) is 0 Å². The number of aliphatic hydroxyl groups excluding tert-OH is 1. The molecule has 1 N–H and O–H groups in total. The van der Waals surface area contributed by atoms with Crippen molar-refractivity contribution in [2.75, 3.05) is 19.7 Å². The second kappa shape index (κ2) is 7.81. The van der Waals surface area contributed by atoms with Crippen LogP contribution in [0.3, 0.4) is 0 Å². The van der Waals surface area contributed by atoms with E-state index in [-0.39, 0.29) is 12.5 Å². The number of hydrogen-bond acceptors (Lipinski definition) is 4. The van der Waals surface area contributed by atoms with Crippen LogP contribution < -0.4 is 0 Å². The van der Waals surface area contributed by atoms with Gasteiger partial charge in [-0.05, 0) is 20.3 Å². The van der Waals surface area contributed by atoms with Gasteiger partial charge in [-0.15, -0.1) is 5.10 Å². The number of carbonyl (C=O) groups is 1. The number of amides is 1. The molecule has 0 aliphatic carbocycles. The number of aromatic nitrogens is 3. The lowest BCUT2D eigenvalue weighted by atomic mass is 10.2. The molecule has 0 unspecified atom stereocenters. The van der Waals surface area contributed by atoms with E-state index in [0.29, 0.717) is 19.4 Å². The third-order valence-electron chi connectivity index (χ3n) is 2.85. The van der Waals surface area contributed by atoms with Crippen molar-refractivity contribution >= 4 is 5.91 Å². The van der Waals surface area contributed by atoms with Crippen LogP contribution in [0, 0.1) is 0 Å². The predicted molar refractivity (Wildman–Crippen MR) is 68.0 cm³/mol. The molecule has 6 nitrogen and oxygen atoms in total. The van der Waals surface area contributed by atoms with Crippen molar-refractivity contribution in [1.29, 1.82) is 0 Å². The Hall–Kier alpha value is -1.43. The zero-order valence-corrected chi connectivity index (χ0v) is 11.2. The second-order valence-corrected chi connectivity index (χ2v) is 4.12. The van der Waals surface area contributed by atoms with Crippen LogP contribution in [0.1, 0.15) is 32.4 Å². The molecule has 6 heteroatoms. The predicted octanol–water partition coefficient (Wildman–Crippen LogP) is 0.461. The van der Waals surface area contributed by atoms with Gasteiger partial charge in [-0.3, -0.25) is 9.48 Å². The van der Waals surface area contributed by atoms with Gasteiger partial charge < -0.3 is 10.0 Å². The Labute approximate surface area is 108 Å². The monoisotopic (exact) mass is 254 g/mol. The van der Waals surface area contributed by atoms with E-state index in [2.05, 4.69) is 10.3 Å². The molecule has 0 atom stereocenters. The van der Waals surface area contributed by atoms with E-state index in [0.717, 1.165) is 25.2 Å². The summed E-state index contributed by atoms with van der Waals surface area (Å²) >= 11 is 0. The molecule has 0 saturated carbocycles. The summed E-state index contributed by atoms with van der Waals surface area (Å²) in [6, 6.07) is 0. The van der Waals surface area contributed by atoms with Gasteiger partial charge in [-0.1, -0.05) is 5.21 Å². The highest BCUT2D eigenvalue weighted by Crippen LogP contribution is 2.01. The standard InChI is InChI=1S/C12H22N4O2/c1-3-15(4-2)12(18)6-5-8-16-10-11(7-9-17)13-14-16/h10,17H,3-9H2,1-2H3. The lowest BCUT2D eigenvalue weighted by molar-refractivity contribution is -0.130. The fraction of sp³-hybridized carbons (Fsp3) is 0.750. The molecule has 0 spiro atoms. The maximum Gasteiger partial charge on any atom is 0.222 e. The van der Waals surface area contributed by atoms with Gasteiger partial charge in [0.1, 0.15) is 0 Å². The Balaban J connectivity index is 2.30. The minimum Gasteiger partial charge on any atom is -0.396 e. The van der Waals surface area contributed by atoms with E-state index < -0.39 is 0 Å². The van der Waals surface area contributed by atoms with Crippen molar-refractivity contribution in [3.63, 3.8) is 0 Å². The molecule has 0 aliphatic heterocycles. The SMILES string of the molecule is CCN(CC)C(=O)CCCn1cc(CCO)nn1. The third kappa shape index (κ3) is 4.44. The summed E-state index contributed by atoms with van der Waals surface area (Å²) in [7, 11) is 0. The van der Waals surface area contributed by atoms with Gasteiger partial charge in [0, 0.05) is 45.3 Å². The first kappa shape index (κ1) is 14.6. The Bertz CT molecular complexity index is 361. The van der Waals surface area contributed by atoms with E-state index in [4.69, 9.17) is 5.11 Å². The van der Waals surface area contributed by atoms with Gasteiger partial charge in [-0.2, -0.15) is 0 Å². The van der Waals surface area contributed by atoms with Crippen LogP contribution in [0.15, 0.2) is 6.20 Å². The molecule has 18 heavy (non-hydrogen) atoms. The Morgan fingerprint density at radius 3 is 2.78 bits per heavy atom. The topological polar surface area (TPSA) is 71.2 Å². The van der Waals surface area contributed by atoms with Crippen molar-refractivity contribution in [1.82, 2.24) is 19.9 Å². The lowest BCUT2D eigenvalue weighted by Gasteiger charge is -2.18. The molecule has 0 fully saturated rings. The molecule has 1 rings (SSSR count). The first-order chi connectivity index (χ1) is 8.71. The summed E-state index contributed by atoms with van der Waals surface area (Å²) in [5, 5.41) is 16.6. The zero-order valence-electron chi connectivity index (χ0n) is 11.2. The summed E-state index contributed by atoms with van der Waals surface area (Å²) in [4.78, 5) is 13.6. The zero-order chi connectivity index (χ0) is 13.4. The molecule has 0 saturated heterocycles. The van der Waals surface area contributed by atoms with Crippen LogP contribution in [-0.4, -0.2) is 50.6 Å². The summed E-state index contributed by atoms with van der Waals surface area (Å²) in [5.41, 5.74) is 0.785. The number of rotatable bonds is 8. The van der Waals surface area contributed by atoms with Crippen LogP contribution >= 0.6 is 0 Å². The maximum absolute atomic E-state index is 11.8. The first-order valence-corrected chi connectivity index (χ1v) is 6.48. The van der Waals surface area contributed by atoms with Gasteiger partial charge in [0.15, 0.2) is 0 Å². The van der Waals surface area contributed by atoms with Gasteiger partial charge in [0.05, 0.1) is 5.69 Å². The minimum absolute atomic E-state index is 0.0825. The number of aryl methyl sites for hydroxylation is 1. The minimum atomic E-state index is 0.0825. The second-order valence-electron chi connectivity index (χ2n) is 4.12. The Morgan fingerprint density at radius 2 is 2.17 bits per heavy atom. The quantitative estimate of drug-likeness (QED) is 0.731. The van der Waals surface area contributed by atoms with E-state index in [1.54, 1.807) is 4.68 Å². The van der Waals surface area contributed by atoms with E-state index >= 15 is 0 Å². The molecule has 1 heterocycles. The highest BCUT2D eigenvalue weighted by Gasteiger charge is 2.09. The highest BCUT2D eigenvalue weighted by atomic mass is 16.3. The van der Waals surface area contributed by atoms with Crippen molar-refractivity contribution in [3.8, 4) is 0 Å². The van der Waals surface area contributed by atoms with E-state index in [1.165, 1.54) is 0 Å². The molecule has 0 bridgehead atoms. The molecule has 0 aromatic carbocycles. The first-order valence-electron chi connectivity index (χ1n) is 6.48. The van der Waals surface area contributed by atoms with Crippen molar-refractivity contribution in [3.05, 3.63) is 11.9 Å². The van der Waals surface area contributed by atoms with Gasteiger partial charge in [0.25, 0.3) is 0 Å². The lowest BCUT2D eigenvalue weighted by Crippen LogP contribution is -2.30. The van der Waals surface area contributed by atoms with Gasteiger partial charge >= 0.3 is 0 Å². The Morgan fingerprint density at radius 1 is 1.44 bits per heavy atom. The molecule has 1 aromatic heterocycles.